The van der Waals surface area contributed by atoms with Gasteiger partial charge >= 0.3 is 0 Å². The maximum atomic E-state index is 12.7. The normalized spacial score (nSPS) is 17.1. The molecule has 1 fully saturated rings. The molecule has 0 atom stereocenters. The third-order valence-corrected chi connectivity index (χ3v) is 8.19. The van der Waals surface area contributed by atoms with Crippen LogP contribution in [0.2, 0.25) is 0 Å². The van der Waals surface area contributed by atoms with Crippen LogP contribution in [-0.4, -0.2) is 51.6 Å². The van der Waals surface area contributed by atoms with E-state index in [1.807, 2.05) is 13.8 Å². The highest BCUT2D eigenvalue weighted by Crippen LogP contribution is 2.23. The van der Waals surface area contributed by atoms with E-state index >= 15 is 0 Å². The van der Waals surface area contributed by atoms with E-state index in [1.54, 1.807) is 0 Å². The van der Waals surface area contributed by atoms with Crippen LogP contribution in [-0.2, 0) is 20.0 Å². The van der Waals surface area contributed by atoms with Crippen molar-refractivity contribution in [3.63, 3.8) is 0 Å². The standard InChI is InChI=1S/C17H28N2O4S2/c1-3-12-18(13-4-2)24(20,21)16-8-10-17(11-9-16)25(22,23)19-14-6-5-7-15-19/h8-11H,3-7,12-15H2,1-2H3. The third kappa shape index (κ3) is 4.61. The fourth-order valence-electron chi connectivity index (χ4n) is 3.04. The molecule has 0 unspecified atom stereocenters. The molecule has 0 N–H and O–H groups in total. The first-order valence-corrected chi connectivity index (χ1v) is 11.8. The average Bonchev–Trinajstić information content (AvgIpc) is 2.62. The summed E-state index contributed by atoms with van der Waals surface area (Å²) in [7, 11) is -7.13. The van der Waals surface area contributed by atoms with E-state index in [9.17, 15) is 16.8 Å². The van der Waals surface area contributed by atoms with Crippen molar-refractivity contribution >= 4 is 20.0 Å². The maximum absolute atomic E-state index is 12.7. The lowest BCUT2D eigenvalue weighted by molar-refractivity contribution is 0.346. The SMILES string of the molecule is CCCN(CCC)S(=O)(=O)c1ccc(S(=O)(=O)N2CCCCC2)cc1. The molecule has 0 bridgehead atoms. The molecule has 1 aromatic carbocycles. The summed E-state index contributed by atoms with van der Waals surface area (Å²) in [5.41, 5.74) is 0. The second kappa shape index (κ2) is 8.62. The Labute approximate surface area is 151 Å². The lowest BCUT2D eigenvalue weighted by Gasteiger charge is -2.26. The van der Waals surface area contributed by atoms with Crippen molar-refractivity contribution in [3.05, 3.63) is 24.3 Å². The Bertz CT molecular complexity index is 746. The van der Waals surface area contributed by atoms with Crippen LogP contribution >= 0.6 is 0 Å². The average molecular weight is 389 g/mol. The van der Waals surface area contributed by atoms with E-state index in [4.69, 9.17) is 0 Å². The molecule has 6 nitrogen and oxygen atoms in total. The lowest BCUT2D eigenvalue weighted by Crippen LogP contribution is -2.35. The smallest absolute Gasteiger partial charge is 0.207 e. The van der Waals surface area contributed by atoms with Crippen LogP contribution in [0.15, 0.2) is 34.1 Å². The van der Waals surface area contributed by atoms with Crippen molar-refractivity contribution < 1.29 is 16.8 Å². The minimum Gasteiger partial charge on any atom is -0.207 e. The molecule has 1 aromatic rings. The van der Waals surface area contributed by atoms with Crippen LogP contribution < -0.4 is 0 Å². The Kier molecular flexibility index (Phi) is 7.01. The van der Waals surface area contributed by atoms with E-state index in [1.165, 1.54) is 32.9 Å². The number of benzene rings is 1. The highest BCUT2D eigenvalue weighted by molar-refractivity contribution is 7.89. The van der Waals surface area contributed by atoms with Gasteiger partial charge in [0.15, 0.2) is 0 Å². The highest BCUT2D eigenvalue weighted by Gasteiger charge is 2.27. The van der Waals surface area contributed by atoms with Crippen molar-refractivity contribution in [2.24, 2.45) is 0 Å². The predicted octanol–water partition coefficient (Wildman–Crippen LogP) is 2.67. The van der Waals surface area contributed by atoms with E-state index in [2.05, 4.69) is 0 Å². The van der Waals surface area contributed by atoms with E-state index in [0.717, 1.165) is 32.1 Å². The minimum atomic E-state index is -3.59. The Morgan fingerprint density at radius 3 is 1.80 bits per heavy atom. The fourth-order valence-corrected chi connectivity index (χ4v) is 6.18. The number of nitrogens with zero attached hydrogens (tertiary/aromatic N) is 2. The van der Waals surface area contributed by atoms with Crippen LogP contribution in [0, 0.1) is 0 Å². The summed E-state index contributed by atoms with van der Waals surface area (Å²) in [6.07, 6.45) is 4.26. The molecule has 1 aliphatic rings. The Morgan fingerprint density at radius 1 is 0.840 bits per heavy atom. The molecule has 25 heavy (non-hydrogen) atoms. The van der Waals surface area contributed by atoms with Gasteiger partial charge in [0.1, 0.15) is 0 Å². The first-order valence-electron chi connectivity index (χ1n) is 8.94. The number of hydrogen-bond donors (Lipinski definition) is 0. The number of hydrogen-bond acceptors (Lipinski definition) is 4. The van der Waals surface area contributed by atoms with Crippen LogP contribution in [0.1, 0.15) is 46.0 Å². The number of sulfonamides is 2. The summed E-state index contributed by atoms with van der Waals surface area (Å²) >= 11 is 0. The number of rotatable bonds is 8. The molecule has 8 heteroatoms. The van der Waals surface area contributed by atoms with Crippen LogP contribution in [0.4, 0.5) is 0 Å². The van der Waals surface area contributed by atoms with Crippen LogP contribution in [0.3, 0.4) is 0 Å². The van der Waals surface area contributed by atoms with Gasteiger partial charge in [-0.15, -0.1) is 0 Å². The molecular weight excluding hydrogens is 360 g/mol. The molecular formula is C17H28N2O4S2. The van der Waals surface area contributed by atoms with Gasteiger partial charge < -0.3 is 0 Å². The van der Waals surface area contributed by atoms with Gasteiger partial charge in [0.05, 0.1) is 9.79 Å². The van der Waals surface area contributed by atoms with Crippen molar-refractivity contribution in [2.45, 2.75) is 55.7 Å². The summed E-state index contributed by atoms with van der Waals surface area (Å²) in [5, 5.41) is 0. The Balaban J connectivity index is 2.26. The van der Waals surface area contributed by atoms with Crippen molar-refractivity contribution in [3.8, 4) is 0 Å². The lowest BCUT2D eigenvalue weighted by atomic mass is 10.2. The first-order chi connectivity index (χ1) is 11.8. The molecule has 1 heterocycles. The quantitative estimate of drug-likeness (QED) is 0.686. The molecule has 0 aliphatic carbocycles. The van der Waals surface area contributed by atoms with Gasteiger partial charge in [-0.05, 0) is 49.9 Å². The third-order valence-electron chi connectivity index (χ3n) is 4.36. The van der Waals surface area contributed by atoms with Gasteiger partial charge in [0, 0.05) is 26.2 Å². The van der Waals surface area contributed by atoms with Gasteiger partial charge in [0.25, 0.3) is 0 Å². The van der Waals surface area contributed by atoms with Crippen molar-refractivity contribution in [2.75, 3.05) is 26.2 Å². The maximum Gasteiger partial charge on any atom is 0.243 e. The van der Waals surface area contributed by atoms with Gasteiger partial charge in [-0.1, -0.05) is 20.3 Å². The molecule has 2 rings (SSSR count). The molecule has 142 valence electrons. The zero-order valence-corrected chi connectivity index (χ0v) is 16.7. The largest absolute Gasteiger partial charge is 0.243 e. The molecule has 0 aromatic heterocycles. The fraction of sp³-hybridized carbons (Fsp3) is 0.647. The Morgan fingerprint density at radius 2 is 1.32 bits per heavy atom. The van der Waals surface area contributed by atoms with E-state index < -0.39 is 20.0 Å². The van der Waals surface area contributed by atoms with Crippen LogP contribution in [0.25, 0.3) is 0 Å². The highest BCUT2D eigenvalue weighted by atomic mass is 32.2. The van der Waals surface area contributed by atoms with Crippen LogP contribution in [0.5, 0.6) is 0 Å². The first kappa shape index (κ1) is 20.4. The van der Waals surface area contributed by atoms with Gasteiger partial charge in [-0.3, -0.25) is 0 Å². The molecule has 0 radical (unpaired) electrons. The van der Waals surface area contributed by atoms with Gasteiger partial charge in [0.2, 0.25) is 20.0 Å². The van der Waals surface area contributed by atoms with Crippen molar-refractivity contribution in [1.82, 2.24) is 8.61 Å². The monoisotopic (exact) mass is 388 g/mol. The number of piperidine rings is 1. The summed E-state index contributed by atoms with van der Waals surface area (Å²) in [4.78, 5) is 0.304. The summed E-state index contributed by atoms with van der Waals surface area (Å²) < 4.78 is 53.7. The molecule has 0 spiro atoms. The summed E-state index contributed by atoms with van der Waals surface area (Å²) in [5.74, 6) is 0. The minimum absolute atomic E-state index is 0.145. The van der Waals surface area contributed by atoms with Crippen molar-refractivity contribution in [1.29, 1.82) is 0 Å². The molecule has 1 saturated heterocycles. The topological polar surface area (TPSA) is 74.8 Å². The van der Waals surface area contributed by atoms with E-state index in [-0.39, 0.29) is 9.79 Å². The second-order valence-electron chi connectivity index (χ2n) is 6.34. The van der Waals surface area contributed by atoms with E-state index in [0.29, 0.717) is 26.2 Å². The summed E-state index contributed by atoms with van der Waals surface area (Å²) in [6, 6.07) is 5.63. The molecule has 1 aliphatic heterocycles. The van der Waals surface area contributed by atoms with Gasteiger partial charge in [-0.25, -0.2) is 16.8 Å². The molecule has 0 amide bonds. The zero-order valence-electron chi connectivity index (χ0n) is 15.0. The Hall–Kier alpha value is -0.960. The second-order valence-corrected chi connectivity index (χ2v) is 10.2. The summed E-state index contributed by atoms with van der Waals surface area (Å²) in [6.45, 7) is 5.86. The predicted molar refractivity (Wildman–Crippen MR) is 98.4 cm³/mol. The van der Waals surface area contributed by atoms with Gasteiger partial charge in [-0.2, -0.15) is 8.61 Å². The zero-order chi connectivity index (χ0) is 18.5. The molecule has 0 saturated carbocycles.